The molecule has 4 nitrogen and oxygen atoms in total. The largest absolute Gasteiger partial charge is 0.342 e. The molecular weight excluding hydrogens is 226 g/mol. The van der Waals surface area contributed by atoms with Gasteiger partial charge < -0.3 is 15.5 Å². The van der Waals surface area contributed by atoms with Gasteiger partial charge in [0.2, 0.25) is 5.91 Å². The molecule has 0 atom stereocenters. The van der Waals surface area contributed by atoms with Gasteiger partial charge in [0.25, 0.3) is 0 Å². The summed E-state index contributed by atoms with van der Waals surface area (Å²) in [5.74, 6) is 1.47. The van der Waals surface area contributed by atoms with Crippen LogP contribution in [0.1, 0.15) is 32.6 Å². The van der Waals surface area contributed by atoms with Crippen molar-refractivity contribution in [3.05, 3.63) is 0 Å². The maximum Gasteiger partial charge on any atom is 0.225 e. The first-order chi connectivity index (χ1) is 8.70. The monoisotopic (exact) mass is 253 g/mol. The molecule has 2 rings (SSSR count). The fourth-order valence-corrected chi connectivity index (χ4v) is 3.07. The molecule has 0 bridgehead atoms. The van der Waals surface area contributed by atoms with Crippen molar-refractivity contribution in [3.63, 3.8) is 0 Å². The van der Waals surface area contributed by atoms with E-state index in [1.807, 2.05) is 0 Å². The second-order valence-electron chi connectivity index (χ2n) is 5.91. The van der Waals surface area contributed by atoms with Crippen molar-refractivity contribution in [3.8, 4) is 0 Å². The first kappa shape index (κ1) is 13.8. The molecule has 0 aromatic rings. The van der Waals surface area contributed by atoms with Crippen LogP contribution in [-0.4, -0.2) is 55.0 Å². The van der Waals surface area contributed by atoms with Crippen molar-refractivity contribution in [2.24, 2.45) is 17.6 Å². The number of hydrogen-bond acceptors (Lipinski definition) is 3. The number of nitrogens with two attached hydrogens (primary N) is 1. The zero-order valence-corrected chi connectivity index (χ0v) is 11.6. The number of likely N-dealkylation sites (tertiary alicyclic amines) is 2. The maximum atomic E-state index is 12.4. The molecule has 2 fully saturated rings. The second-order valence-corrected chi connectivity index (χ2v) is 5.91. The average molecular weight is 253 g/mol. The Balaban J connectivity index is 1.77. The van der Waals surface area contributed by atoms with Crippen LogP contribution in [0.4, 0.5) is 0 Å². The zero-order valence-electron chi connectivity index (χ0n) is 11.6. The summed E-state index contributed by atoms with van der Waals surface area (Å²) < 4.78 is 0. The van der Waals surface area contributed by atoms with E-state index in [0.717, 1.165) is 58.0 Å². The molecule has 4 heteroatoms. The van der Waals surface area contributed by atoms with E-state index in [1.165, 1.54) is 12.8 Å². The lowest BCUT2D eigenvalue weighted by molar-refractivity contribution is -0.138. The molecule has 2 aliphatic rings. The minimum Gasteiger partial charge on any atom is -0.342 e. The van der Waals surface area contributed by atoms with Gasteiger partial charge in [-0.25, -0.2) is 0 Å². The van der Waals surface area contributed by atoms with Crippen LogP contribution >= 0.6 is 0 Å². The number of hydrogen-bond donors (Lipinski definition) is 1. The number of nitrogens with zero attached hydrogens (tertiary/aromatic N) is 2. The fourth-order valence-electron chi connectivity index (χ4n) is 3.07. The van der Waals surface area contributed by atoms with Crippen molar-refractivity contribution in [2.75, 3.05) is 39.3 Å². The predicted octanol–water partition coefficient (Wildman–Crippen LogP) is 0.916. The first-order valence-electron chi connectivity index (χ1n) is 7.42. The third-order valence-electron chi connectivity index (χ3n) is 4.48. The summed E-state index contributed by atoms with van der Waals surface area (Å²) >= 11 is 0. The molecule has 2 saturated heterocycles. The molecule has 2 heterocycles. The topological polar surface area (TPSA) is 49.6 Å². The van der Waals surface area contributed by atoms with E-state index in [4.69, 9.17) is 5.73 Å². The SMILES string of the molecule is CC1CCN(C(=O)C2CCN(CCN)CC2)CC1. The summed E-state index contributed by atoms with van der Waals surface area (Å²) in [6.45, 7) is 8.01. The molecule has 104 valence electrons. The van der Waals surface area contributed by atoms with Crippen LogP contribution < -0.4 is 5.73 Å². The number of carbonyl (C=O) groups is 1. The molecule has 2 aliphatic heterocycles. The lowest BCUT2D eigenvalue weighted by Gasteiger charge is -2.36. The predicted molar refractivity (Wildman–Crippen MR) is 73.2 cm³/mol. The molecule has 0 radical (unpaired) electrons. The van der Waals surface area contributed by atoms with Crippen LogP contribution in [0.2, 0.25) is 0 Å². The highest BCUT2D eigenvalue weighted by Crippen LogP contribution is 2.23. The Kier molecular flexibility index (Phi) is 5.01. The molecule has 0 unspecified atom stereocenters. The zero-order chi connectivity index (χ0) is 13.0. The van der Waals surface area contributed by atoms with Gasteiger partial charge in [-0.15, -0.1) is 0 Å². The Morgan fingerprint density at radius 1 is 1.11 bits per heavy atom. The van der Waals surface area contributed by atoms with Gasteiger partial charge in [-0.3, -0.25) is 4.79 Å². The lowest BCUT2D eigenvalue weighted by Crippen LogP contribution is -2.45. The van der Waals surface area contributed by atoms with E-state index in [9.17, 15) is 4.79 Å². The molecule has 0 aromatic carbocycles. The number of amides is 1. The van der Waals surface area contributed by atoms with Crippen LogP contribution in [0, 0.1) is 11.8 Å². The summed E-state index contributed by atoms with van der Waals surface area (Å²) in [7, 11) is 0. The van der Waals surface area contributed by atoms with E-state index in [-0.39, 0.29) is 5.92 Å². The Hall–Kier alpha value is -0.610. The number of carbonyl (C=O) groups excluding carboxylic acids is 1. The molecule has 0 spiro atoms. The lowest BCUT2D eigenvalue weighted by atomic mass is 9.93. The summed E-state index contributed by atoms with van der Waals surface area (Å²) in [4.78, 5) is 16.9. The van der Waals surface area contributed by atoms with E-state index < -0.39 is 0 Å². The molecule has 0 saturated carbocycles. The van der Waals surface area contributed by atoms with Crippen LogP contribution in [0.5, 0.6) is 0 Å². The van der Waals surface area contributed by atoms with E-state index >= 15 is 0 Å². The summed E-state index contributed by atoms with van der Waals surface area (Å²) in [6, 6.07) is 0. The molecular formula is C14H27N3O. The smallest absolute Gasteiger partial charge is 0.225 e. The summed E-state index contributed by atoms with van der Waals surface area (Å²) in [5.41, 5.74) is 5.57. The van der Waals surface area contributed by atoms with Gasteiger partial charge in [-0.05, 0) is 44.7 Å². The molecule has 1 amide bonds. The number of piperidine rings is 2. The molecule has 0 aromatic heterocycles. The van der Waals surface area contributed by atoms with Gasteiger partial charge in [0.05, 0.1) is 0 Å². The Labute approximate surface area is 110 Å². The highest BCUT2D eigenvalue weighted by Gasteiger charge is 2.29. The average Bonchev–Trinajstić information content (AvgIpc) is 2.40. The van der Waals surface area contributed by atoms with Crippen LogP contribution in [0.3, 0.4) is 0 Å². The Bertz CT molecular complexity index is 266. The summed E-state index contributed by atoms with van der Waals surface area (Å²) in [5, 5.41) is 0. The van der Waals surface area contributed by atoms with Gasteiger partial charge in [0.15, 0.2) is 0 Å². The van der Waals surface area contributed by atoms with Gasteiger partial charge in [0, 0.05) is 32.1 Å². The maximum absolute atomic E-state index is 12.4. The van der Waals surface area contributed by atoms with Crippen molar-refractivity contribution in [1.82, 2.24) is 9.80 Å². The van der Waals surface area contributed by atoms with Gasteiger partial charge in [-0.2, -0.15) is 0 Å². The van der Waals surface area contributed by atoms with E-state index in [1.54, 1.807) is 0 Å². The van der Waals surface area contributed by atoms with Crippen molar-refractivity contribution < 1.29 is 4.79 Å². The number of rotatable bonds is 3. The van der Waals surface area contributed by atoms with Gasteiger partial charge >= 0.3 is 0 Å². The first-order valence-corrected chi connectivity index (χ1v) is 7.42. The van der Waals surface area contributed by atoms with Crippen LogP contribution in [0.15, 0.2) is 0 Å². The third kappa shape index (κ3) is 3.45. The Morgan fingerprint density at radius 2 is 1.72 bits per heavy atom. The molecule has 18 heavy (non-hydrogen) atoms. The highest BCUT2D eigenvalue weighted by atomic mass is 16.2. The normalized spacial score (nSPS) is 24.4. The van der Waals surface area contributed by atoms with Crippen LogP contribution in [-0.2, 0) is 4.79 Å². The van der Waals surface area contributed by atoms with Crippen molar-refractivity contribution in [2.45, 2.75) is 32.6 Å². The van der Waals surface area contributed by atoms with Gasteiger partial charge in [-0.1, -0.05) is 6.92 Å². The van der Waals surface area contributed by atoms with Gasteiger partial charge in [0.1, 0.15) is 0 Å². The minimum atomic E-state index is 0.271. The highest BCUT2D eigenvalue weighted by molar-refractivity contribution is 5.79. The van der Waals surface area contributed by atoms with Crippen LogP contribution in [0.25, 0.3) is 0 Å². The van der Waals surface area contributed by atoms with E-state index in [2.05, 4.69) is 16.7 Å². The minimum absolute atomic E-state index is 0.271. The fraction of sp³-hybridized carbons (Fsp3) is 0.929. The third-order valence-corrected chi connectivity index (χ3v) is 4.48. The summed E-state index contributed by atoms with van der Waals surface area (Å²) in [6.07, 6.45) is 4.39. The quantitative estimate of drug-likeness (QED) is 0.813. The molecule has 2 N–H and O–H groups in total. The van der Waals surface area contributed by atoms with Crippen molar-refractivity contribution >= 4 is 5.91 Å². The molecule has 0 aliphatic carbocycles. The van der Waals surface area contributed by atoms with Crippen molar-refractivity contribution in [1.29, 1.82) is 0 Å². The second kappa shape index (κ2) is 6.53. The van der Waals surface area contributed by atoms with E-state index in [0.29, 0.717) is 5.91 Å². The standard InChI is InChI=1S/C14H27N3O/c1-12-2-9-17(10-3-12)14(18)13-4-7-16(8-5-13)11-6-15/h12-13H,2-11,15H2,1H3. The Morgan fingerprint density at radius 3 is 2.28 bits per heavy atom.